The molecule has 0 spiro atoms. The van der Waals surface area contributed by atoms with Crippen molar-refractivity contribution >= 4 is 0 Å². The summed E-state index contributed by atoms with van der Waals surface area (Å²) < 4.78 is 42.6. The lowest BCUT2D eigenvalue weighted by Gasteiger charge is -2.22. The van der Waals surface area contributed by atoms with E-state index < -0.39 is 12.6 Å². The Morgan fingerprint density at radius 2 is 0.525 bits per heavy atom. The largest absolute Gasteiger partial charge is 0.355 e. The van der Waals surface area contributed by atoms with E-state index in [2.05, 4.69) is 39.8 Å². The summed E-state index contributed by atoms with van der Waals surface area (Å²) >= 11 is 0. The van der Waals surface area contributed by atoms with Crippen molar-refractivity contribution in [1.82, 2.24) is 0 Å². The molecule has 0 aliphatic carbocycles. The van der Waals surface area contributed by atoms with E-state index in [1.54, 1.807) is 14.2 Å². The summed E-state index contributed by atoms with van der Waals surface area (Å²) in [5, 5.41) is 0. The van der Waals surface area contributed by atoms with E-state index in [1.165, 1.54) is 180 Å². The minimum atomic E-state index is -0.446. The fourth-order valence-corrected chi connectivity index (χ4v) is 7.25. The van der Waals surface area contributed by atoms with Gasteiger partial charge in [-0.1, -0.05) is 220 Å². The first-order valence-corrected chi connectivity index (χ1v) is 25.7. The molecule has 0 heterocycles. The quantitative estimate of drug-likeness (QED) is 0.0343. The molecule has 0 aromatic carbocycles. The van der Waals surface area contributed by atoms with Crippen molar-refractivity contribution in [3.63, 3.8) is 0 Å². The van der Waals surface area contributed by atoms with Crippen LogP contribution in [0.3, 0.4) is 0 Å². The van der Waals surface area contributed by atoms with Crippen LogP contribution >= 0.6 is 0 Å². The van der Waals surface area contributed by atoms with E-state index in [4.69, 9.17) is 33.2 Å². The molecule has 0 rings (SSSR count). The number of unbranched alkanes of at least 4 members (excludes halogenated alkanes) is 28. The van der Waals surface area contributed by atoms with Crippen molar-refractivity contribution in [1.29, 1.82) is 0 Å². The summed E-state index contributed by atoms with van der Waals surface area (Å²) in [4.78, 5) is 0. The van der Waals surface area contributed by atoms with Crippen LogP contribution in [-0.2, 0) is 33.2 Å². The maximum atomic E-state index is 6.24. The molecule has 0 radical (unpaired) electrons. The van der Waals surface area contributed by atoms with Crippen molar-refractivity contribution < 1.29 is 33.2 Å². The summed E-state index contributed by atoms with van der Waals surface area (Å²) in [6.07, 6.45) is 48.9. The molecule has 0 fully saturated rings. The Bertz CT molecular complexity index is 726. The van der Waals surface area contributed by atoms with Crippen molar-refractivity contribution in [3.05, 3.63) is 24.3 Å². The number of hydrogen-bond acceptors (Lipinski definition) is 7. The van der Waals surface area contributed by atoms with Gasteiger partial charge in [0, 0.05) is 27.1 Å². The Labute approximate surface area is 368 Å². The first-order valence-electron chi connectivity index (χ1n) is 25.7. The molecule has 0 aliphatic rings. The SMILES string of the molecule is CCCCCCCCCCOC(C=CCC(OC)OC(CC=CC(OCCCCCCCCCC)OCCCCCCCCCC)OC)OCCCCCCCCCC. The Morgan fingerprint density at radius 1 is 0.305 bits per heavy atom. The summed E-state index contributed by atoms with van der Waals surface area (Å²) in [7, 11) is 3.37. The van der Waals surface area contributed by atoms with Crippen LogP contribution in [0, 0.1) is 0 Å². The molecule has 2 atom stereocenters. The predicted octanol–water partition coefficient (Wildman–Crippen LogP) is 16.1. The van der Waals surface area contributed by atoms with E-state index in [9.17, 15) is 0 Å². The molecule has 0 N–H and O–H groups in total. The molecule has 0 aliphatic heterocycles. The second-order valence-electron chi connectivity index (χ2n) is 16.9. The maximum absolute atomic E-state index is 6.24. The number of methoxy groups -OCH3 is 2. The summed E-state index contributed by atoms with van der Waals surface area (Å²) in [6.45, 7) is 12.0. The number of ether oxygens (including phenoxy) is 7. The van der Waals surface area contributed by atoms with Crippen LogP contribution in [0.5, 0.6) is 0 Å². The lowest BCUT2D eigenvalue weighted by Crippen LogP contribution is -2.25. The maximum Gasteiger partial charge on any atom is 0.176 e. The van der Waals surface area contributed by atoms with E-state index >= 15 is 0 Å². The molecule has 0 aromatic heterocycles. The van der Waals surface area contributed by atoms with Gasteiger partial charge in [-0.15, -0.1) is 0 Å². The van der Waals surface area contributed by atoms with Crippen molar-refractivity contribution in [2.24, 2.45) is 0 Å². The van der Waals surface area contributed by atoms with Gasteiger partial charge in [-0.2, -0.15) is 0 Å². The fraction of sp³-hybridized carbons (Fsp3) is 0.923. The lowest BCUT2D eigenvalue weighted by atomic mass is 10.1. The van der Waals surface area contributed by atoms with Gasteiger partial charge in [0.15, 0.2) is 25.2 Å². The van der Waals surface area contributed by atoms with E-state index in [0.29, 0.717) is 12.8 Å². The Hall–Kier alpha value is -0.800. The standard InChI is InChI=1S/C52H102O7/c1-7-11-15-19-23-27-31-35-45-55-51(56-46-36-32-28-24-20-16-12-8-2)43-39-41-49(53-5)59-50(54-6)42-40-44-52(57-47-37-33-29-25-21-17-13-9-3)58-48-38-34-30-26-22-18-14-10-4/h39-40,43-44,49-52H,7-38,41-42,45-48H2,1-6H3. The Kier molecular flexibility index (Phi) is 49.2. The first kappa shape index (κ1) is 58.2. The third kappa shape index (κ3) is 43.6. The van der Waals surface area contributed by atoms with Gasteiger partial charge in [0.05, 0.1) is 26.4 Å². The van der Waals surface area contributed by atoms with E-state index in [-0.39, 0.29) is 12.6 Å². The third-order valence-corrected chi connectivity index (χ3v) is 11.2. The van der Waals surface area contributed by atoms with Crippen molar-refractivity contribution in [2.45, 2.75) is 271 Å². The van der Waals surface area contributed by atoms with E-state index in [1.807, 2.05) is 12.2 Å². The minimum absolute atomic E-state index is 0.351. The molecule has 7 heteroatoms. The van der Waals surface area contributed by atoms with Gasteiger partial charge in [0.25, 0.3) is 0 Å². The highest BCUT2D eigenvalue weighted by Crippen LogP contribution is 2.16. The third-order valence-electron chi connectivity index (χ3n) is 11.2. The van der Waals surface area contributed by atoms with Gasteiger partial charge < -0.3 is 33.2 Å². The normalized spacial score (nSPS) is 13.3. The van der Waals surface area contributed by atoms with E-state index in [0.717, 1.165) is 52.1 Å². The summed E-state index contributed by atoms with van der Waals surface area (Å²) in [5.74, 6) is 0. The highest BCUT2D eigenvalue weighted by atomic mass is 16.8. The zero-order chi connectivity index (χ0) is 43.0. The molecule has 352 valence electrons. The summed E-state index contributed by atoms with van der Waals surface area (Å²) in [6, 6.07) is 0. The van der Waals surface area contributed by atoms with Gasteiger partial charge in [-0.25, -0.2) is 0 Å². The second kappa shape index (κ2) is 49.9. The highest BCUT2D eigenvalue weighted by molar-refractivity contribution is 4.88. The Morgan fingerprint density at radius 3 is 0.746 bits per heavy atom. The molecule has 0 aromatic rings. The number of hydrogen-bond donors (Lipinski definition) is 0. The van der Waals surface area contributed by atoms with Crippen LogP contribution in [0.4, 0.5) is 0 Å². The average molecular weight is 839 g/mol. The molecule has 59 heavy (non-hydrogen) atoms. The molecule has 0 saturated heterocycles. The van der Waals surface area contributed by atoms with Crippen LogP contribution < -0.4 is 0 Å². The van der Waals surface area contributed by atoms with Gasteiger partial charge in [-0.05, 0) is 37.8 Å². The first-order chi connectivity index (χ1) is 29.1. The molecule has 2 unspecified atom stereocenters. The van der Waals surface area contributed by atoms with Gasteiger partial charge in [0.1, 0.15) is 0 Å². The summed E-state index contributed by atoms with van der Waals surface area (Å²) in [5.41, 5.74) is 0. The van der Waals surface area contributed by atoms with Crippen LogP contribution in [0.1, 0.15) is 246 Å². The van der Waals surface area contributed by atoms with Gasteiger partial charge in [-0.3, -0.25) is 0 Å². The van der Waals surface area contributed by atoms with Crippen LogP contribution in [0.2, 0.25) is 0 Å². The molecule has 0 bridgehead atoms. The zero-order valence-corrected chi connectivity index (χ0v) is 40.3. The Balaban J connectivity index is 4.97. The molecular weight excluding hydrogens is 737 g/mol. The van der Waals surface area contributed by atoms with Gasteiger partial charge in [0.2, 0.25) is 0 Å². The minimum Gasteiger partial charge on any atom is -0.355 e. The average Bonchev–Trinajstić information content (AvgIpc) is 3.25. The molecule has 0 amide bonds. The molecule has 0 saturated carbocycles. The predicted molar refractivity (Wildman–Crippen MR) is 252 cm³/mol. The van der Waals surface area contributed by atoms with Crippen LogP contribution in [-0.4, -0.2) is 65.8 Å². The topological polar surface area (TPSA) is 64.6 Å². The lowest BCUT2D eigenvalue weighted by molar-refractivity contribution is -0.225. The highest BCUT2D eigenvalue weighted by Gasteiger charge is 2.15. The van der Waals surface area contributed by atoms with Gasteiger partial charge >= 0.3 is 0 Å². The second-order valence-corrected chi connectivity index (χ2v) is 16.9. The van der Waals surface area contributed by atoms with Crippen molar-refractivity contribution in [3.8, 4) is 0 Å². The van der Waals surface area contributed by atoms with Crippen LogP contribution in [0.25, 0.3) is 0 Å². The smallest absolute Gasteiger partial charge is 0.176 e. The fourth-order valence-electron chi connectivity index (χ4n) is 7.25. The number of rotatable bonds is 50. The monoisotopic (exact) mass is 839 g/mol. The van der Waals surface area contributed by atoms with Crippen LogP contribution in [0.15, 0.2) is 24.3 Å². The molecule has 7 nitrogen and oxygen atoms in total. The molecular formula is C52H102O7. The zero-order valence-electron chi connectivity index (χ0n) is 40.3. The van der Waals surface area contributed by atoms with Crippen molar-refractivity contribution in [2.75, 3.05) is 40.6 Å².